The quantitative estimate of drug-likeness (QED) is 0.188. The second kappa shape index (κ2) is 12.9. The van der Waals surface area contributed by atoms with E-state index in [1.54, 1.807) is 18.2 Å². The fourth-order valence-electron chi connectivity index (χ4n) is 5.79. The number of nitrogens with zero attached hydrogens (tertiary/aromatic N) is 2. The number of aliphatic carboxylic acids is 1. The highest BCUT2D eigenvalue weighted by Crippen LogP contribution is 2.43. The summed E-state index contributed by atoms with van der Waals surface area (Å²) in [6, 6.07) is 6.53. The van der Waals surface area contributed by atoms with Gasteiger partial charge in [-0.05, 0) is 93.4 Å². The molecule has 0 amide bonds. The Hall–Kier alpha value is -3.27. The number of hydrogen-bond acceptors (Lipinski definition) is 4. The molecule has 0 bridgehead atoms. The van der Waals surface area contributed by atoms with Crippen LogP contribution in [0.3, 0.4) is 0 Å². The third-order valence-corrected chi connectivity index (χ3v) is 8.02. The number of carboxylic acids is 1. The van der Waals surface area contributed by atoms with Crippen LogP contribution in [-0.4, -0.2) is 47.7 Å². The van der Waals surface area contributed by atoms with Crippen LogP contribution >= 0.6 is 0 Å². The van der Waals surface area contributed by atoms with Crippen molar-refractivity contribution in [2.45, 2.75) is 57.8 Å². The first kappa shape index (κ1) is 29.7. The minimum absolute atomic E-state index is 0.0161. The van der Waals surface area contributed by atoms with E-state index in [9.17, 15) is 27.5 Å². The van der Waals surface area contributed by atoms with Crippen LogP contribution in [0.1, 0.15) is 61.4 Å². The highest BCUT2D eigenvalue weighted by molar-refractivity contribution is 5.85. The molecule has 10 heteroatoms. The number of fused-ring (bicyclic) bond motifs is 1. The molecule has 1 N–H and O–H groups in total. The molecule has 40 heavy (non-hydrogen) atoms. The molecule has 4 rings (SSSR count). The lowest BCUT2D eigenvalue weighted by atomic mass is 9.71. The maximum absolute atomic E-state index is 15.8. The van der Waals surface area contributed by atoms with Gasteiger partial charge < -0.3 is 14.7 Å². The molecule has 1 atom stereocenters. The maximum Gasteiger partial charge on any atom is 0.303 e. The number of ether oxygens (including phenoxy) is 1. The van der Waals surface area contributed by atoms with Crippen LogP contribution in [0.25, 0.3) is 10.9 Å². The van der Waals surface area contributed by atoms with Gasteiger partial charge in [0.05, 0.1) is 19.0 Å². The Morgan fingerprint density at radius 3 is 2.58 bits per heavy atom. The third-order valence-electron chi connectivity index (χ3n) is 8.02. The molecule has 0 saturated carbocycles. The number of carbonyl (C=O) groups is 1. The lowest BCUT2D eigenvalue weighted by Gasteiger charge is -2.41. The predicted octanol–water partition coefficient (Wildman–Crippen LogP) is 7.11. The van der Waals surface area contributed by atoms with Gasteiger partial charge in [-0.1, -0.05) is 0 Å². The van der Waals surface area contributed by atoms with Gasteiger partial charge in [0.1, 0.15) is 24.4 Å². The number of methoxy groups -OCH3 is 1. The van der Waals surface area contributed by atoms with Crippen molar-refractivity contribution in [3.8, 4) is 5.75 Å². The van der Waals surface area contributed by atoms with Crippen molar-refractivity contribution in [2.75, 3.05) is 26.7 Å². The van der Waals surface area contributed by atoms with Crippen LogP contribution in [-0.2, 0) is 17.9 Å². The second-order valence-corrected chi connectivity index (χ2v) is 10.6. The van der Waals surface area contributed by atoms with Crippen molar-refractivity contribution in [2.24, 2.45) is 5.41 Å². The average molecular weight is 565 g/mol. The summed E-state index contributed by atoms with van der Waals surface area (Å²) in [5, 5.41) is 10.1. The SMILES string of the molecule is COc1ccc2ncc(CF)c([C@H](F)CCC3(CC(=O)O)CCN(CCCc4cc(F)cc(F)c4F)CC3)c2c1. The number of aryl methyl sites for hydroxylation is 1. The smallest absolute Gasteiger partial charge is 0.303 e. The maximum atomic E-state index is 15.8. The number of rotatable bonds is 12. The highest BCUT2D eigenvalue weighted by atomic mass is 19.2. The van der Waals surface area contributed by atoms with Crippen LogP contribution in [0.15, 0.2) is 36.5 Å². The molecule has 0 radical (unpaired) electrons. The van der Waals surface area contributed by atoms with Crippen LogP contribution in [0, 0.1) is 22.9 Å². The third kappa shape index (κ3) is 6.89. The van der Waals surface area contributed by atoms with E-state index in [0.717, 1.165) is 6.07 Å². The van der Waals surface area contributed by atoms with Gasteiger partial charge in [-0.15, -0.1) is 0 Å². The van der Waals surface area contributed by atoms with E-state index in [2.05, 4.69) is 9.88 Å². The monoisotopic (exact) mass is 564 g/mol. The van der Waals surface area contributed by atoms with E-state index in [1.165, 1.54) is 13.3 Å². The molecule has 2 aromatic carbocycles. The van der Waals surface area contributed by atoms with Crippen LogP contribution in [0.2, 0.25) is 0 Å². The minimum Gasteiger partial charge on any atom is -0.497 e. The zero-order chi connectivity index (χ0) is 28.9. The molecule has 0 aliphatic carbocycles. The molecule has 0 spiro atoms. The van der Waals surface area contributed by atoms with Gasteiger partial charge in [-0.3, -0.25) is 9.78 Å². The predicted molar refractivity (Wildman–Crippen MR) is 141 cm³/mol. The molecule has 1 aromatic heterocycles. The summed E-state index contributed by atoms with van der Waals surface area (Å²) in [6.45, 7) is 0.805. The fourth-order valence-corrected chi connectivity index (χ4v) is 5.79. The Balaban J connectivity index is 1.41. The topological polar surface area (TPSA) is 62.7 Å². The van der Waals surface area contributed by atoms with E-state index >= 15 is 4.39 Å². The standard InChI is InChI=1S/C30H33F5N2O3/c1-40-22-4-5-26-23(15-22)28(20(17-31)18-36-26)24(33)6-7-30(16-27(38)39)8-11-37(12-9-30)10-2-3-19-13-21(32)14-25(34)29(19)35/h4-5,13-15,18,24H,2-3,6-12,16-17H2,1H3,(H,38,39)/t24-/m1/s1. The molecule has 1 aliphatic rings. The average Bonchev–Trinajstić information content (AvgIpc) is 2.94. The molecule has 216 valence electrons. The summed E-state index contributed by atoms with van der Waals surface area (Å²) in [5.74, 6) is -3.54. The molecular formula is C30H33F5N2O3. The largest absolute Gasteiger partial charge is 0.497 e. The highest BCUT2D eigenvalue weighted by Gasteiger charge is 2.37. The van der Waals surface area contributed by atoms with Crippen LogP contribution in [0.5, 0.6) is 5.75 Å². The number of carboxylic acid groups (broad SMARTS) is 1. The van der Waals surface area contributed by atoms with Crippen molar-refractivity contribution in [1.82, 2.24) is 9.88 Å². The first-order valence-corrected chi connectivity index (χ1v) is 13.4. The molecule has 2 heterocycles. The Morgan fingerprint density at radius 1 is 1.15 bits per heavy atom. The molecule has 1 fully saturated rings. The summed E-state index contributed by atoms with van der Waals surface area (Å²) in [7, 11) is 1.49. The number of alkyl halides is 2. The Morgan fingerprint density at radius 2 is 1.90 bits per heavy atom. The second-order valence-electron chi connectivity index (χ2n) is 10.6. The summed E-state index contributed by atoms with van der Waals surface area (Å²) in [4.78, 5) is 18.1. The normalized spacial score (nSPS) is 16.2. The molecule has 1 aliphatic heterocycles. The van der Waals surface area contributed by atoms with Gasteiger partial charge in [-0.25, -0.2) is 22.0 Å². The lowest BCUT2D eigenvalue weighted by molar-refractivity contribution is -0.141. The summed E-state index contributed by atoms with van der Waals surface area (Å²) in [6.07, 6.45) is 1.74. The van der Waals surface area contributed by atoms with Gasteiger partial charge in [0.2, 0.25) is 0 Å². The van der Waals surface area contributed by atoms with Crippen molar-refractivity contribution in [3.63, 3.8) is 0 Å². The molecule has 1 saturated heterocycles. The van der Waals surface area contributed by atoms with Gasteiger partial charge in [0.25, 0.3) is 0 Å². The van der Waals surface area contributed by atoms with Crippen LogP contribution < -0.4 is 4.74 Å². The van der Waals surface area contributed by atoms with Gasteiger partial charge in [0, 0.05) is 28.8 Å². The van der Waals surface area contributed by atoms with Crippen molar-refractivity contribution in [3.05, 3.63) is 70.7 Å². The Kier molecular flexibility index (Phi) is 9.60. The number of piperidine rings is 1. The summed E-state index contributed by atoms with van der Waals surface area (Å²) < 4.78 is 75.8. The number of likely N-dealkylation sites (tertiary alicyclic amines) is 1. The first-order chi connectivity index (χ1) is 19.1. The number of hydrogen-bond donors (Lipinski definition) is 1. The van der Waals surface area contributed by atoms with Crippen LogP contribution in [0.4, 0.5) is 22.0 Å². The Labute approximate surface area is 230 Å². The summed E-state index contributed by atoms with van der Waals surface area (Å²) >= 11 is 0. The van der Waals surface area contributed by atoms with E-state index in [4.69, 9.17) is 4.74 Å². The van der Waals surface area contributed by atoms with E-state index < -0.39 is 41.7 Å². The molecule has 5 nitrogen and oxygen atoms in total. The number of aromatic nitrogens is 1. The first-order valence-electron chi connectivity index (χ1n) is 13.4. The zero-order valence-corrected chi connectivity index (χ0v) is 22.4. The number of benzene rings is 2. The van der Waals surface area contributed by atoms with E-state index in [0.29, 0.717) is 68.0 Å². The van der Waals surface area contributed by atoms with Gasteiger partial charge in [-0.2, -0.15) is 0 Å². The van der Waals surface area contributed by atoms with Gasteiger partial charge >= 0.3 is 5.97 Å². The summed E-state index contributed by atoms with van der Waals surface area (Å²) in [5.41, 5.74) is 0.254. The minimum atomic E-state index is -1.52. The van der Waals surface area contributed by atoms with Crippen molar-refractivity contribution in [1.29, 1.82) is 0 Å². The fraction of sp³-hybridized carbons (Fsp3) is 0.467. The van der Waals surface area contributed by atoms with E-state index in [-0.39, 0.29) is 36.0 Å². The van der Waals surface area contributed by atoms with E-state index in [1.807, 2.05) is 0 Å². The Bertz CT molecular complexity index is 1340. The van der Waals surface area contributed by atoms with Crippen molar-refractivity contribution < 1.29 is 36.6 Å². The molecular weight excluding hydrogens is 531 g/mol. The van der Waals surface area contributed by atoms with Gasteiger partial charge in [0.15, 0.2) is 11.6 Å². The lowest BCUT2D eigenvalue weighted by Crippen LogP contribution is -2.41. The number of pyridine rings is 1. The van der Waals surface area contributed by atoms with Crippen molar-refractivity contribution >= 4 is 16.9 Å². The zero-order valence-electron chi connectivity index (χ0n) is 22.4. The molecule has 3 aromatic rings. The molecule has 0 unspecified atom stereocenters. The number of halogens is 5.